The van der Waals surface area contributed by atoms with Crippen molar-refractivity contribution in [1.29, 1.82) is 0 Å². The van der Waals surface area contributed by atoms with Gasteiger partial charge in [-0.3, -0.25) is 4.90 Å². The lowest BCUT2D eigenvalue weighted by atomic mass is 10.1. The summed E-state index contributed by atoms with van der Waals surface area (Å²) in [5.74, 6) is 0. The van der Waals surface area contributed by atoms with E-state index in [9.17, 15) is 5.11 Å². The first-order valence-electron chi connectivity index (χ1n) is 5.45. The molecule has 0 aromatic rings. The van der Waals surface area contributed by atoms with Crippen LogP contribution in [0.1, 0.15) is 19.3 Å². The monoisotopic (exact) mass is 201 g/mol. The van der Waals surface area contributed by atoms with Crippen molar-refractivity contribution >= 4 is 0 Å². The number of rotatable bonds is 3. The van der Waals surface area contributed by atoms with Crippen LogP contribution in [0.4, 0.5) is 0 Å². The van der Waals surface area contributed by atoms with E-state index in [1.807, 2.05) is 0 Å². The summed E-state index contributed by atoms with van der Waals surface area (Å²) in [5.41, 5.74) is 0. The van der Waals surface area contributed by atoms with Crippen molar-refractivity contribution in [3.8, 4) is 0 Å². The van der Waals surface area contributed by atoms with E-state index in [4.69, 9.17) is 9.84 Å². The minimum atomic E-state index is -0.339. The van der Waals surface area contributed by atoms with Gasteiger partial charge in [0.15, 0.2) is 0 Å². The molecule has 0 radical (unpaired) electrons. The van der Waals surface area contributed by atoms with Crippen molar-refractivity contribution in [3.05, 3.63) is 0 Å². The smallest absolute Gasteiger partial charge is 0.0950 e. The molecule has 0 amide bonds. The highest BCUT2D eigenvalue weighted by Crippen LogP contribution is 2.26. The fourth-order valence-electron chi connectivity index (χ4n) is 2.60. The average molecular weight is 201 g/mol. The van der Waals surface area contributed by atoms with Crippen molar-refractivity contribution in [2.45, 2.75) is 37.5 Å². The van der Waals surface area contributed by atoms with Crippen LogP contribution in [0.2, 0.25) is 0 Å². The molecular weight excluding hydrogens is 182 g/mol. The molecule has 2 N–H and O–H groups in total. The third kappa shape index (κ3) is 1.93. The second-order valence-corrected chi connectivity index (χ2v) is 4.22. The van der Waals surface area contributed by atoms with E-state index >= 15 is 0 Å². The normalized spacial score (nSPS) is 39.4. The largest absolute Gasteiger partial charge is 0.396 e. The Kier molecular flexibility index (Phi) is 3.38. The highest BCUT2D eigenvalue weighted by molar-refractivity contribution is 4.90. The summed E-state index contributed by atoms with van der Waals surface area (Å²) in [5, 5.41) is 18.6. The Morgan fingerprint density at radius 1 is 1.36 bits per heavy atom. The van der Waals surface area contributed by atoms with Gasteiger partial charge in [0, 0.05) is 12.6 Å². The second-order valence-electron chi connectivity index (χ2n) is 4.22. The van der Waals surface area contributed by atoms with Gasteiger partial charge < -0.3 is 14.9 Å². The minimum Gasteiger partial charge on any atom is -0.396 e. The Bertz CT molecular complexity index is 188. The number of likely N-dealkylation sites (tertiary alicyclic amines) is 1. The van der Waals surface area contributed by atoms with E-state index in [0.717, 1.165) is 19.4 Å². The molecule has 14 heavy (non-hydrogen) atoms. The van der Waals surface area contributed by atoms with E-state index in [2.05, 4.69) is 4.90 Å². The molecule has 0 aliphatic carbocycles. The third-order valence-corrected chi connectivity index (χ3v) is 3.33. The number of hydrogen-bond acceptors (Lipinski definition) is 4. The first kappa shape index (κ1) is 10.4. The summed E-state index contributed by atoms with van der Waals surface area (Å²) >= 11 is 0. The predicted molar refractivity (Wildman–Crippen MR) is 52.0 cm³/mol. The zero-order chi connectivity index (χ0) is 9.97. The standard InChI is InChI=1S/C10H19NO3/c12-5-3-8-2-1-4-11(8)9-6-14-7-10(9)13/h8-10,12-13H,1-7H2. The summed E-state index contributed by atoms with van der Waals surface area (Å²) in [6.07, 6.45) is 2.80. The molecule has 2 heterocycles. The van der Waals surface area contributed by atoms with E-state index in [1.54, 1.807) is 0 Å². The fraction of sp³-hybridized carbons (Fsp3) is 1.00. The zero-order valence-electron chi connectivity index (χ0n) is 8.43. The third-order valence-electron chi connectivity index (χ3n) is 3.33. The lowest BCUT2D eigenvalue weighted by molar-refractivity contribution is 0.0670. The van der Waals surface area contributed by atoms with Crippen molar-refractivity contribution in [1.82, 2.24) is 4.90 Å². The molecule has 0 aromatic carbocycles. The maximum absolute atomic E-state index is 9.71. The maximum atomic E-state index is 9.71. The highest BCUT2D eigenvalue weighted by atomic mass is 16.5. The van der Waals surface area contributed by atoms with Crippen molar-refractivity contribution in [2.24, 2.45) is 0 Å². The number of ether oxygens (including phenoxy) is 1. The van der Waals surface area contributed by atoms with E-state index in [-0.39, 0.29) is 18.8 Å². The number of hydrogen-bond donors (Lipinski definition) is 2. The molecule has 0 bridgehead atoms. The van der Waals surface area contributed by atoms with Gasteiger partial charge in [-0.2, -0.15) is 0 Å². The lowest BCUT2D eigenvalue weighted by Crippen LogP contribution is -2.45. The predicted octanol–water partition coefficient (Wildman–Crippen LogP) is -0.407. The summed E-state index contributed by atoms with van der Waals surface area (Å²) in [7, 11) is 0. The van der Waals surface area contributed by atoms with E-state index in [1.165, 1.54) is 6.42 Å². The summed E-state index contributed by atoms with van der Waals surface area (Å²) in [6, 6.07) is 0.607. The lowest BCUT2D eigenvalue weighted by Gasteiger charge is -2.30. The van der Waals surface area contributed by atoms with Crippen LogP contribution in [-0.4, -0.2) is 59.7 Å². The Morgan fingerprint density at radius 3 is 2.86 bits per heavy atom. The van der Waals surface area contributed by atoms with Gasteiger partial charge in [0.1, 0.15) is 0 Å². The summed E-state index contributed by atoms with van der Waals surface area (Å²) < 4.78 is 5.25. The Labute approximate surface area is 84.5 Å². The van der Waals surface area contributed by atoms with E-state index in [0.29, 0.717) is 19.3 Å². The van der Waals surface area contributed by atoms with Gasteiger partial charge in [0.05, 0.1) is 25.4 Å². The molecule has 2 aliphatic rings. The van der Waals surface area contributed by atoms with Gasteiger partial charge in [-0.05, 0) is 25.8 Å². The Hall–Kier alpha value is -0.160. The van der Waals surface area contributed by atoms with Gasteiger partial charge in [0.2, 0.25) is 0 Å². The molecular formula is C10H19NO3. The van der Waals surface area contributed by atoms with Crippen LogP contribution < -0.4 is 0 Å². The van der Waals surface area contributed by atoms with Crippen molar-refractivity contribution < 1.29 is 14.9 Å². The molecule has 4 nitrogen and oxygen atoms in total. The second kappa shape index (κ2) is 4.57. The molecule has 3 unspecified atom stereocenters. The van der Waals surface area contributed by atoms with Gasteiger partial charge in [-0.25, -0.2) is 0 Å². The van der Waals surface area contributed by atoms with Gasteiger partial charge in [-0.1, -0.05) is 0 Å². The maximum Gasteiger partial charge on any atom is 0.0950 e. The Morgan fingerprint density at radius 2 is 2.21 bits per heavy atom. The number of nitrogens with zero attached hydrogens (tertiary/aromatic N) is 1. The molecule has 3 atom stereocenters. The van der Waals surface area contributed by atoms with Crippen LogP contribution >= 0.6 is 0 Å². The van der Waals surface area contributed by atoms with Crippen LogP contribution in [0, 0.1) is 0 Å². The zero-order valence-corrected chi connectivity index (χ0v) is 8.43. The van der Waals surface area contributed by atoms with Crippen LogP contribution in [0.3, 0.4) is 0 Å². The van der Waals surface area contributed by atoms with Crippen LogP contribution in [0.5, 0.6) is 0 Å². The van der Waals surface area contributed by atoms with Gasteiger partial charge in [0.25, 0.3) is 0 Å². The average Bonchev–Trinajstić information content (AvgIpc) is 2.74. The quantitative estimate of drug-likeness (QED) is 0.652. The molecule has 2 saturated heterocycles. The fourth-order valence-corrected chi connectivity index (χ4v) is 2.60. The van der Waals surface area contributed by atoms with Crippen LogP contribution in [0.25, 0.3) is 0 Å². The molecule has 2 rings (SSSR count). The van der Waals surface area contributed by atoms with Gasteiger partial charge >= 0.3 is 0 Å². The molecule has 82 valence electrons. The molecule has 0 saturated carbocycles. The molecule has 2 fully saturated rings. The molecule has 2 aliphatic heterocycles. The van der Waals surface area contributed by atoms with Crippen molar-refractivity contribution in [3.63, 3.8) is 0 Å². The summed E-state index contributed by atoms with van der Waals surface area (Å²) in [6.45, 7) is 2.39. The van der Waals surface area contributed by atoms with E-state index < -0.39 is 0 Å². The highest BCUT2D eigenvalue weighted by Gasteiger charge is 2.37. The number of aliphatic hydroxyl groups excluding tert-OH is 2. The number of aliphatic hydroxyl groups is 2. The van der Waals surface area contributed by atoms with Gasteiger partial charge in [-0.15, -0.1) is 0 Å². The molecule has 0 spiro atoms. The summed E-state index contributed by atoms with van der Waals surface area (Å²) in [4.78, 5) is 2.31. The first-order chi connectivity index (χ1) is 6.83. The van der Waals surface area contributed by atoms with Crippen LogP contribution in [-0.2, 0) is 4.74 Å². The van der Waals surface area contributed by atoms with Crippen molar-refractivity contribution in [2.75, 3.05) is 26.4 Å². The Balaban J connectivity index is 1.94. The SMILES string of the molecule is OCCC1CCCN1C1COCC1O. The first-order valence-corrected chi connectivity index (χ1v) is 5.45. The molecule has 0 aromatic heterocycles. The minimum absolute atomic E-state index is 0.161. The van der Waals surface area contributed by atoms with Crippen LogP contribution in [0.15, 0.2) is 0 Å². The topological polar surface area (TPSA) is 52.9 Å². The molecule has 4 heteroatoms.